The average molecular weight is 342 g/mol. The number of hydrogen-bond donors (Lipinski definition) is 1. The highest BCUT2D eigenvalue weighted by Gasteiger charge is 2.22. The molecule has 124 valence electrons. The van der Waals surface area contributed by atoms with Crippen molar-refractivity contribution in [3.63, 3.8) is 0 Å². The summed E-state index contributed by atoms with van der Waals surface area (Å²) in [6, 6.07) is 10.1. The fourth-order valence-corrected chi connectivity index (χ4v) is 4.44. The molecule has 3 aromatic rings. The molecule has 0 spiro atoms. The Labute approximate surface area is 140 Å². The van der Waals surface area contributed by atoms with Gasteiger partial charge < -0.3 is 5.73 Å². The maximum Gasteiger partial charge on any atom is 0.268 e. The molecular weight excluding hydrogens is 324 g/mol. The Bertz CT molecular complexity index is 1060. The molecule has 2 aromatic carbocycles. The number of nitrogens with zero attached hydrogens (tertiary/aromatic N) is 1. The summed E-state index contributed by atoms with van der Waals surface area (Å²) in [6.07, 6.45) is 1.47. The number of aromatic nitrogens is 1. The van der Waals surface area contributed by atoms with E-state index in [1.54, 1.807) is 43.3 Å². The normalized spacial score (nSPS) is 11.8. The van der Waals surface area contributed by atoms with Gasteiger partial charge in [-0.2, -0.15) is 0 Å². The summed E-state index contributed by atoms with van der Waals surface area (Å²) >= 11 is 0. The molecule has 0 unspecified atom stereocenters. The van der Waals surface area contributed by atoms with E-state index in [9.17, 15) is 13.2 Å². The van der Waals surface area contributed by atoms with Crippen LogP contribution in [0.25, 0.3) is 10.9 Å². The summed E-state index contributed by atoms with van der Waals surface area (Å²) in [4.78, 5) is 12.0. The first-order valence-corrected chi connectivity index (χ1v) is 8.91. The third-order valence-corrected chi connectivity index (χ3v) is 5.84. The molecule has 0 aliphatic carbocycles. The number of carbonyl (C=O) groups excluding carboxylic acids is 1. The molecule has 24 heavy (non-hydrogen) atoms. The summed E-state index contributed by atoms with van der Waals surface area (Å²) in [5, 5.41) is 0.552. The van der Waals surface area contributed by atoms with Crippen molar-refractivity contribution >= 4 is 26.8 Å². The lowest BCUT2D eigenvalue weighted by Gasteiger charge is -2.12. The Morgan fingerprint density at radius 2 is 1.62 bits per heavy atom. The monoisotopic (exact) mass is 342 g/mol. The minimum absolute atomic E-state index is 0.200. The zero-order valence-electron chi connectivity index (χ0n) is 13.7. The van der Waals surface area contributed by atoms with Crippen LogP contribution in [0.1, 0.15) is 27.0 Å². The summed E-state index contributed by atoms with van der Waals surface area (Å²) in [5.74, 6) is -0.567. The molecule has 3 rings (SSSR count). The molecule has 0 fully saturated rings. The predicted octanol–water partition coefficient (Wildman–Crippen LogP) is 2.90. The van der Waals surface area contributed by atoms with E-state index in [4.69, 9.17) is 5.73 Å². The minimum Gasteiger partial charge on any atom is -0.366 e. The van der Waals surface area contributed by atoms with Gasteiger partial charge in [-0.25, -0.2) is 12.4 Å². The quantitative estimate of drug-likeness (QED) is 0.794. The van der Waals surface area contributed by atoms with Gasteiger partial charge >= 0.3 is 0 Å². The number of benzene rings is 2. The first kappa shape index (κ1) is 16.3. The van der Waals surface area contributed by atoms with E-state index >= 15 is 0 Å². The number of primary amides is 1. The Balaban J connectivity index is 2.34. The fourth-order valence-electron chi connectivity index (χ4n) is 3.03. The molecule has 0 atom stereocenters. The van der Waals surface area contributed by atoms with Gasteiger partial charge in [0.05, 0.1) is 16.0 Å². The molecule has 1 heterocycles. The lowest BCUT2D eigenvalue weighted by Crippen LogP contribution is -2.15. The minimum atomic E-state index is -3.75. The van der Waals surface area contributed by atoms with Crippen LogP contribution < -0.4 is 5.73 Å². The van der Waals surface area contributed by atoms with E-state index in [0.29, 0.717) is 16.5 Å². The fraction of sp³-hybridized carbons (Fsp3) is 0.167. The van der Waals surface area contributed by atoms with Gasteiger partial charge in [0.1, 0.15) is 0 Å². The molecule has 0 saturated carbocycles. The zero-order valence-corrected chi connectivity index (χ0v) is 14.5. The molecule has 0 radical (unpaired) electrons. The maximum atomic E-state index is 13.0. The molecule has 1 amide bonds. The van der Waals surface area contributed by atoms with Gasteiger partial charge in [-0.15, -0.1) is 0 Å². The molecule has 5 nitrogen and oxygen atoms in total. The number of amides is 1. The van der Waals surface area contributed by atoms with Crippen LogP contribution in [0.4, 0.5) is 0 Å². The molecule has 0 saturated heterocycles. The largest absolute Gasteiger partial charge is 0.366 e. The molecule has 1 aromatic heterocycles. The average Bonchev–Trinajstić information content (AvgIpc) is 2.93. The van der Waals surface area contributed by atoms with Crippen molar-refractivity contribution in [2.24, 2.45) is 5.73 Å². The van der Waals surface area contributed by atoms with E-state index in [2.05, 4.69) is 0 Å². The summed E-state index contributed by atoms with van der Waals surface area (Å²) in [5.41, 5.74) is 8.80. The molecule has 0 aliphatic rings. The van der Waals surface area contributed by atoms with Gasteiger partial charge in [0.2, 0.25) is 5.91 Å². The zero-order chi connectivity index (χ0) is 17.6. The van der Waals surface area contributed by atoms with Crippen LogP contribution >= 0.6 is 0 Å². The highest BCUT2D eigenvalue weighted by Crippen LogP contribution is 2.29. The standard InChI is InChI=1S/C18H18N2O3S/c1-11-4-6-14(7-5-11)24(22,23)20-9-8-15-16(18(19)21)12(2)10-13(3)17(15)20/h4-10H,1-3H3,(H2,19,21). The van der Waals surface area contributed by atoms with Gasteiger partial charge in [0.25, 0.3) is 10.0 Å². The molecule has 0 aliphatic heterocycles. The van der Waals surface area contributed by atoms with Crippen molar-refractivity contribution in [1.29, 1.82) is 0 Å². The first-order valence-electron chi connectivity index (χ1n) is 7.47. The third-order valence-electron chi connectivity index (χ3n) is 4.15. The highest BCUT2D eigenvalue weighted by molar-refractivity contribution is 7.90. The van der Waals surface area contributed by atoms with Crippen molar-refractivity contribution in [3.8, 4) is 0 Å². The highest BCUT2D eigenvalue weighted by atomic mass is 32.2. The van der Waals surface area contributed by atoms with E-state index in [1.165, 1.54) is 10.2 Å². The van der Waals surface area contributed by atoms with Crippen molar-refractivity contribution in [1.82, 2.24) is 3.97 Å². The summed E-state index contributed by atoms with van der Waals surface area (Å²) in [6.45, 7) is 5.51. The Morgan fingerprint density at radius 3 is 2.21 bits per heavy atom. The number of aryl methyl sites for hydroxylation is 3. The Hall–Kier alpha value is -2.60. The lowest BCUT2D eigenvalue weighted by atomic mass is 10.0. The van der Waals surface area contributed by atoms with Crippen LogP contribution in [0.15, 0.2) is 47.5 Å². The van der Waals surface area contributed by atoms with Crippen LogP contribution in [0, 0.1) is 20.8 Å². The topological polar surface area (TPSA) is 82.2 Å². The smallest absolute Gasteiger partial charge is 0.268 e. The maximum absolute atomic E-state index is 13.0. The van der Waals surface area contributed by atoms with Crippen LogP contribution in [0.2, 0.25) is 0 Å². The van der Waals surface area contributed by atoms with Crippen molar-refractivity contribution < 1.29 is 13.2 Å². The van der Waals surface area contributed by atoms with Crippen molar-refractivity contribution in [2.75, 3.05) is 0 Å². The molecular formula is C18H18N2O3S. The Kier molecular flexibility index (Phi) is 3.72. The van der Waals surface area contributed by atoms with Crippen LogP contribution in [-0.2, 0) is 10.0 Å². The second-order valence-electron chi connectivity index (χ2n) is 5.94. The first-order chi connectivity index (χ1) is 11.2. The van der Waals surface area contributed by atoms with E-state index < -0.39 is 15.9 Å². The molecule has 0 bridgehead atoms. The van der Waals surface area contributed by atoms with Crippen LogP contribution in [0.5, 0.6) is 0 Å². The lowest BCUT2D eigenvalue weighted by molar-refractivity contribution is 0.100. The number of nitrogens with two attached hydrogens (primary N) is 1. The summed E-state index contributed by atoms with van der Waals surface area (Å²) < 4.78 is 27.2. The second kappa shape index (κ2) is 5.49. The van der Waals surface area contributed by atoms with Crippen LogP contribution in [0.3, 0.4) is 0 Å². The van der Waals surface area contributed by atoms with Crippen LogP contribution in [-0.4, -0.2) is 18.3 Å². The van der Waals surface area contributed by atoms with Crippen molar-refractivity contribution in [3.05, 3.63) is 64.8 Å². The number of hydrogen-bond acceptors (Lipinski definition) is 3. The van der Waals surface area contributed by atoms with Crippen molar-refractivity contribution in [2.45, 2.75) is 25.7 Å². The Morgan fingerprint density at radius 1 is 1.00 bits per heavy atom. The molecule has 6 heteroatoms. The second-order valence-corrected chi connectivity index (χ2v) is 7.76. The van der Waals surface area contributed by atoms with Gasteiger partial charge in [-0.1, -0.05) is 23.8 Å². The number of carbonyl (C=O) groups is 1. The SMILES string of the molecule is Cc1ccc(S(=O)(=O)n2ccc3c(C(N)=O)c(C)cc(C)c32)cc1. The van der Waals surface area contributed by atoms with Gasteiger partial charge in [-0.05, 0) is 50.1 Å². The summed E-state index contributed by atoms with van der Waals surface area (Å²) in [7, 11) is -3.75. The third kappa shape index (κ3) is 2.39. The predicted molar refractivity (Wildman–Crippen MR) is 93.7 cm³/mol. The van der Waals surface area contributed by atoms with Gasteiger partial charge in [-0.3, -0.25) is 4.79 Å². The van der Waals surface area contributed by atoms with E-state index in [-0.39, 0.29) is 4.90 Å². The number of fused-ring (bicyclic) bond motifs is 1. The van der Waals surface area contributed by atoms with E-state index in [1.807, 2.05) is 13.8 Å². The van der Waals surface area contributed by atoms with Gasteiger partial charge in [0.15, 0.2) is 0 Å². The molecule has 2 N–H and O–H groups in total. The number of rotatable bonds is 3. The van der Waals surface area contributed by atoms with E-state index in [0.717, 1.165) is 16.7 Å². The van der Waals surface area contributed by atoms with Gasteiger partial charge in [0, 0.05) is 11.6 Å².